The van der Waals surface area contributed by atoms with Gasteiger partial charge in [0.15, 0.2) is 5.16 Å². The Balaban J connectivity index is 1.32. The average Bonchev–Trinajstić information content (AvgIpc) is 3.20. The lowest BCUT2D eigenvalue weighted by atomic mass is 9.89. The first-order valence-corrected chi connectivity index (χ1v) is 10.3. The van der Waals surface area contributed by atoms with E-state index in [0.29, 0.717) is 12.4 Å². The van der Waals surface area contributed by atoms with Gasteiger partial charge in [0, 0.05) is 11.4 Å². The quantitative estimate of drug-likeness (QED) is 0.631. The van der Waals surface area contributed by atoms with Gasteiger partial charge in [-0.2, -0.15) is 0 Å². The van der Waals surface area contributed by atoms with Crippen LogP contribution in [-0.4, -0.2) is 38.3 Å². The standard InChI is InChI=1S/C21H23N3O2S/c25-18(13-26-20-12-6-8-16-7-4-5-11-19(16)20)14-27-21-23-22-15-24(21)17-9-2-1-3-10-17/h1-5,7,9-11,15,18,20,25H,6,8,12-14H2/t18-,20-/m1/s1. The highest BCUT2D eigenvalue weighted by Gasteiger charge is 2.21. The molecule has 1 aliphatic rings. The number of para-hydroxylation sites is 1. The van der Waals surface area contributed by atoms with E-state index in [1.165, 1.54) is 22.9 Å². The zero-order valence-electron chi connectivity index (χ0n) is 15.1. The van der Waals surface area contributed by atoms with Crippen molar-refractivity contribution in [1.82, 2.24) is 14.8 Å². The number of thioether (sulfide) groups is 1. The summed E-state index contributed by atoms with van der Waals surface area (Å²) in [7, 11) is 0. The molecule has 1 aromatic heterocycles. The second-order valence-electron chi connectivity index (χ2n) is 6.70. The van der Waals surface area contributed by atoms with Crippen molar-refractivity contribution in [2.24, 2.45) is 0 Å². The van der Waals surface area contributed by atoms with E-state index >= 15 is 0 Å². The van der Waals surface area contributed by atoms with Crippen molar-refractivity contribution in [1.29, 1.82) is 0 Å². The molecule has 0 spiro atoms. The third kappa shape index (κ3) is 4.40. The molecule has 0 aliphatic heterocycles. The van der Waals surface area contributed by atoms with E-state index in [2.05, 4.69) is 34.5 Å². The number of aryl methyl sites for hydroxylation is 1. The Kier molecular flexibility index (Phi) is 5.87. The smallest absolute Gasteiger partial charge is 0.195 e. The first kappa shape index (κ1) is 18.2. The zero-order valence-corrected chi connectivity index (χ0v) is 15.9. The lowest BCUT2D eigenvalue weighted by Gasteiger charge is -2.26. The molecule has 2 atom stereocenters. The number of fused-ring (bicyclic) bond motifs is 1. The normalized spacial score (nSPS) is 17.4. The molecule has 5 nitrogen and oxygen atoms in total. The molecule has 140 valence electrons. The van der Waals surface area contributed by atoms with Gasteiger partial charge in [-0.05, 0) is 42.5 Å². The average molecular weight is 382 g/mol. The first-order chi connectivity index (χ1) is 13.3. The highest BCUT2D eigenvalue weighted by molar-refractivity contribution is 7.99. The predicted octanol–water partition coefficient (Wildman–Crippen LogP) is 3.81. The highest BCUT2D eigenvalue weighted by atomic mass is 32.2. The Morgan fingerprint density at radius 1 is 1.15 bits per heavy atom. The van der Waals surface area contributed by atoms with E-state index in [4.69, 9.17) is 4.74 Å². The van der Waals surface area contributed by atoms with E-state index in [1.807, 2.05) is 34.9 Å². The summed E-state index contributed by atoms with van der Waals surface area (Å²) >= 11 is 1.49. The molecule has 0 unspecified atom stereocenters. The van der Waals surface area contributed by atoms with Crippen LogP contribution in [-0.2, 0) is 11.2 Å². The minimum Gasteiger partial charge on any atom is -0.390 e. The summed E-state index contributed by atoms with van der Waals surface area (Å²) in [6.45, 7) is 0.325. The van der Waals surface area contributed by atoms with Gasteiger partial charge in [-0.25, -0.2) is 0 Å². The maximum absolute atomic E-state index is 10.4. The highest BCUT2D eigenvalue weighted by Crippen LogP contribution is 2.32. The molecule has 0 saturated heterocycles. The van der Waals surface area contributed by atoms with Gasteiger partial charge >= 0.3 is 0 Å². The Bertz CT molecular complexity index is 869. The van der Waals surface area contributed by atoms with Crippen LogP contribution in [0.4, 0.5) is 0 Å². The van der Waals surface area contributed by atoms with E-state index in [9.17, 15) is 5.11 Å². The van der Waals surface area contributed by atoms with Crippen LogP contribution >= 0.6 is 11.8 Å². The van der Waals surface area contributed by atoms with Crippen molar-refractivity contribution in [2.45, 2.75) is 36.6 Å². The molecule has 0 radical (unpaired) electrons. The molecule has 0 bridgehead atoms. The van der Waals surface area contributed by atoms with Crippen LogP contribution in [0.2, 0.25) is 0 Å². The third-order valence-electron chi connectivity index (χ3n) is 4.76. The second kappa shape index (κ2) is 8.69. The fourth-order valence-corrected chi connectivity index (χ4v) is 4.25. The number of ether oxygens (including phenoxy) is 1. The van der Waals surface area contributed by atoms with Gasteiger partial charge in [0.2, 0.25) is 0 Å². The molecule has 6 heteroatoms. The van der Waals surface area contributed by atoms with Gasteiger partial charge in [-0.1, -0.05) is 54.2 Å². The van der Waals surface area contributed by atoms with Crippen molar-refractivity contribution in [3.05, 3.63) is 72.1 Å². The summed E-state index contributed by atoms with van der Waals surface area (Å²) in [5, 5.41) is 19.3. The van der Waals surface area contributed by atoms with Crippen molar-refractivity contribution in [3.8, 4) is 5.69 Å². The summed E-state index contributed by atoms with van der Waals surface area (Å²) in [4.78, 5) is 0. The fraction of sp³-hybridized carbons (Fsp3) is 0.333. The molecule has 1 heterocycles. The number of aromatic nitrogens is 3. The summed E-state index contributed by atoms with van der Waals surface area (Å²) in [5.41, 5.74) is 3.65. The van der Waals surface area contributed by atoms with Crippen molar-refractivity contribution < 1.29 is 9.84 Å². The number of nitrogens with zero attached hydrogens (tertiary/aromatic N) is 3. The Labute approximate surface area is 163 Å². The molecular weight excluding hydrogens is 358 g/mol. The van der Waals surface area contributed by atoms with Crippen LogP contribution in [0, 0.1) is 0 Å². The summed E-state index contributed by atoms with van der Waals surface area (Å²) < 4.78 is 7.98. The van der Waals surface area contributed by atoms with Gasteiger partial charge in [0.1, 0.15) is 6.33 Å². The molecule has 2 aromatic carbocycles. The summed E-state index contributed by atoms with van der Waals surface area (Å²) in [6.07, 6.45) is 4.49. The van der Waals surface area contributed by atoms with E-state index in [0.717, 1.165) is 30.1 Å². The van der Waals surface area contributed by atoms with Crippen LogP contribution in [0.15, 0.2) is 66.1 Å². The maximum Gasteiger partial charge on any atom is 0.195 e. The van der Waals surface area contributed by atoms with E-state index in [-0.39, 0.29) is 6.10 Å². The molecule has 1 aliphatic carbocycles. The SMILES string of the molecule is O[C@H](CO[C@@H]1CCCc2ccccc21)CSc1nncn1-c1ccccc1. The molecule has 1 N–H and O–H groups in total. The van der Waals surface area contributed by atoms with Crippen molar-refractivity contribution >= 4 is 11.8 Å². The molecule has 0 saturated carbocycles. The van der Waals surface area contributed by atoms with Crippen LogP contribution in [0.5, 0.6) is 0 Å². The lowest BCUT2D eigenvalue weighted by molar-refractivity contribution is -0.00960. The maximum atomic E-state index is 10.4. The van der Waals surface area contributed by atoms with Crippen LogP contribution in [0.3, 0.4) is 0 Å². The Morgan fingerprint density at radius 3 is 2.85 bits per heavy atom. The van der Waals surface area contributed by atoms with Crippen LogP contribution in [0.1, 0.15) is 30.1 Å². The minimum atomic E-state index is -0.551. The largest absolute Gasteiger partial charge is 0.390 e. The Morgan fingerprint density at radius 2 is 1.96 bits per heavy atom. The summed E-state index contributed by atoms with van der Waals surface area (Å²) in [6, 6.07) is 18.4. The van der Waals surface area contributed by atoms with Gasteiger partial charge < -0.3 is 9.84 Å². The van der Waals surface area contributed by atoms with Crippen molar-refractivity contribution in [3.63, 3.8) is 0 Å². The molecule has 0 fully saturated rings. The molecular formula is C21H23N3O2S. The number of aliphatic hydroxyl groups excluding tert-OH is 1. The van der Waals surface area contributed by atoms with Gasteiger partial charge in [-0.15, -0.1) is 10.2 Å². The molecule has 27 heavy (non-hydrogen) atoms. The zero-order chi connectivity index (χ0) is 18.5. The van der Waals surface area contributed by atoms with Crippen LogP contribution < -0.4 is 0 Å². The van der Waals surface area contributed by atoms with E-state index in [1.54, 1.807) is 6.33 Å². The topological polar surface area (TPSA) is 60.2 Å². The monoisotopic (exact) mass is 381 g/mol. The number of aliphatic hydroxyl groups is 1. The molecule has 3 aromatic rings. The number of hydrogen-bond donors (Lipinski definition) is 1. The van der Waals surface area contributed by atoms with Crippen molar-refractivity contribution in [2.75, 3.05) is 12.4 Å². The van der Waals surface area contributed by atoms with Gasteiger partial charge in [0.05, 0.1) is 18.8 Å². The lowest BCUT2D eigenvalue weighted by Crippen LogP contribution is -2.22. The number of benzene rings is 2. The Hall–Kier alpha value is -2.15. The minimum absolute atomic E-state index is 0.0857. The van der Waals surface area contributed by atoms with Gasteiger partial charge in [-0.3, -0.25) is 4.57 Å². The third-order valence-corrected chi connectivity index (χ3v) is 5.85. The van der Waals surface area contributed by atoms with Gasteiger partial charge in [0.25, 0.3) is 0 Å². The van der Waals surface area contributed by atoms with Crippen LogP contribution in [0.25, 0.3) is 5.69 Å². The second-order valence-corrected chi connectivity index (χ2v) is 7.68. The predicted molar refractivity (Wildman–Crippen MR) is 106 cm³/mol. The first-order valence-electron chi connectivity index (χ1n) is 9.27. The number of rotatable bonds is 7. The van der Waals surface area contributed by atoms with E-state index < -0.39 is 6.10 Å². The summed E-state index contributed by atoms with van der Waals surface area (Å²) in [5.74, 6) is 0.514. The fourth-order valence-electron chi connectivity index (χ4n) is 3.42. The number of hydrogen-bond acceptors (Lipinski definition) is 5. The molecule has 0 amide bonds. The molecule has 4 rings (SSSR count).